The zero-order valence-corrected chi connectivity index (χ0v) is 27.9. The number of nitrogens with zero attached hydrogens (tertiary/aromatic N) is 2. The second kappa shape index (κ2) is 14.2. The number of aromatic nitrogens is 2. The number of ether oxygens (including phenoxy) is 1. The van der Waals surface area contributed by atoms with E-state index in [0.29, 0.717) is 6.42 Å². The summed E-state index contributed by atoms with van der Waals surface area (Å²) in [6, 6.07) is 0. The molecule has 7 atom stereocenters. The Morgan fingerprint density at radius 3 is 2.46 bits per heavy atom. The Bertz CT molecular complexity index is 1180. The summed E-state index contributed by atoms with van der Waals surface area (Å²) in [5.41, 5.74) is 1.88. The van der Waals surface area contributed by atoms with Crippen molar-refractivity contribution >= 4 is 59.4 Å². The third-order valence-corrected chi connectivity index (χ3v) is 10.2. The summed E-state index contributed by atoms with van der Waals surface area (Å²) < 4.78 is 17.6. The lowest BCUT2D eigenvalue weighted by Crippen LogP contribution is -2.46. The molecule has 3 heterocycles. The summed E-state index contributed by atoms with van der Waals surface area (Å²) in [4.78, 5) is 37.6. The van der Waals surface area contributed by atoms with E-state index in [9.17, 15) is 9.59 Å². The molecular formula is C28H42N2O5P2S2. The van der Waals surface area contributed by atoms with Crippen molar-refractivity contribution in [1.29, 1.82) is 0 Å². The quantitative estimate of drug-likeness (QED) is 0.280. The van der Waals surface area contributed by atoms with Gasteiger partial charge in [-0.3, -0.25) is 9.59 Å². The number of carbonyl (C=O) groups excluding carboxylic acids is 2. The molecule has 0 aliphatic carbocycles. The van der Waals surface area contributed by atoms with Crippen molar-refractivity contribution in [2.45, 2.75) is 98.9 Å². The molecule has 216 valence electrons. The molecule has 3 rings (SSSR count). The Morgan fingerprint density at radius 1 is 1.13 bits per heavy atom. The van der Waals surface area contributed by atoms with E-state index in [2.05, 4.69) is 30.8 Å². The van der Waals surface area contributed by atoms with Gasteiger partial charge in [-0.15, -0.1) is 22.7 Å². The van der Waals surface area contributed by atoms with Crippen LogP contribution in [0, 0.1) is 31.1 Å². The van der Waals surface area contributed by atoms with Crippen molar-refractivity contribution in [1.82, 2.24) is 9.97 Å². The standard InChI is InChI=1S/C28H42N2O5P2S2/c1-15-9-8-10-21-23(39-19(5)30-21)12-22(16(2)11-20-14-38-18(4)29-20)33-25(31)13-24(34-36)28(6,7)27(32)17(3)26(15)35-37/h11,14-15,17,22,24,26H,8-10,12-13,36-37H2,1-7H3/b16-11+. The molecule has 2 aromatic heterocycles. The average Bonchev–Trinajstić information content (AvgIpc) is 3.44. The summed E-state index contributed by atoms with van der Waals surface area (Å²) in [6.45, 7) is 13.7. The second-order valence-electron chi connectivity index (χ2n) is 11.1. The normalized spacial score (nSPS) is 27.7. The van der Waals surface area contributed by atoms with Crippen LogP contribution in [0.2, 0.25) is 0 Å². The second-order valence-corrected chi connectivity index (χ2v) is 14.0. The van der Waals surface area contributed by atoms with Gasteiger partial charge < -0.3 is 13.8 Å². The first-order valence-electron chi connectivity index (χ1n) is 13.4. The van der Waals surface area contributed by atoms with Gasteiger partial charge in [0.25, 0.3) is 0 Å². The first-order valence-corrected chi connectivity index (χ1v) is 16.0. The molecule has 0 amide bonds. The SMILES string of the molecule is C/C(=C\c1csc(C)n1)C1Cc2sc(C)nc2CCCC(C)C(OP)C(C)C(=O)C(C)(C)C(OP)CC(=O)O1. The van der Waals surface area contributed by atoms with Gasteiger partial charge in [0, 0.05) is 41.5 Å². The maximum atomic E-state index is 13.7. The van der Waals surface area contributed by atoms with E-state index in [0.717, 1.165) is 51.1 Å². The van der Waals surface area contributed by atoms with E-state index < -0.39 is 23.6 Å². The van der Waals surface area contributed by atoms with Crippen LogP contribution >= 0.6 is 41.6 Å². The molecule has 0 bridgehead atoms. The van der Waals surface area contributed by atoms with E-state index in [1.54, 1.807) is 22.7 Å². The smallest absolute Gasteiger partial charge is 0.309 e. The van der Waals surface area contributed by atoms with Crippen molar-refractivity contribution in [3.05, 3.63) is 37.2 Å². The largest absolute Gasteiger partial charge is 0.457 e. The van der Waals surface area contributed by atoms with Crippen molar-refractivity contribution in [3.8, 4) is 0 Å². The molecule has 0 aromatic carbocycles. The maximum Gasteiger partial charge on any atom is 0.309 e. The Balaban J connectivity index is 2.01. The molecule has 2 aromatic rings. The molecule has 39 heavy (non-hydrogen) atoms. The highest BCUT2D eigenvalue weighted by Gasteiger charge is 2.44. The summed E-state index contributed by atoms with van der Waals surface area (Å²) in [5, 5.41) is 3.98. The van der Waals surface area contributed by atoms with Crippen LogP contribution in [-0.2, 0) is 36.2 Å². The molecule has 11 heteroatoms. The number of rotatable bonds is 4. The van der Waals surface area contributed by atoms with Crippen molar-refractivity contribution in [2.24, 2.45) is 17.3 Å². The Kier molecular flexibility index (Phi) is 11.8. The zero-order chi connectivity index (χ0) is 28.9. The van der Waals surface area contributed by atoms with Crippen LogP contribution in [0.1, 0.15) is 80.2 Å². The third kappa shape index (κ3) is 8.24. The number of hydrogen-bond donors (Lipinski definition) is 0. The summed E-state index contributed by atoms with van der Waals surface area (Å²) in [7, 11) is 4.57. The topological polar surface area (TPSA) is 87.6 Å². The number of hydrogen-bond acceptors (Lipinski definition) is 9. The highest BCUT2D eigenvalue weighted by molar-refractivity contribution is 7.11. The molecule has 0 N–H and O–H groups in total. The molecular weight excluding hydrogens is 570 g/mol. The molecule has 0 spiro atoms. The lowest BCUT2D eigenvalue weighted by molar-refractivity contribution is -0.152. The monoisotopic (exact) mass is 612 g/mol. The van der Waals surface area contributed by atoms with E-state index in [4.69, 9.17) is 18.8 Å². The van der Waals surface area contributed by atoms with Gasteiger partial charge in [0.15, 0.2) is 0 Å². The van der Waals surface area contributed by atoms with Crippen molar-refractivity contribution < 1.29 is 23.4 Å². The number of thiazole rings is 2. The number of cyclic esters (lactones) is 1. The number of fused-ring (bicyclic) bond motifs is 1. The van der Waals surface area contributed by atoms with Gasteiger partial charge in [-0.1, -0.05) is 27.7 Å². The predicted octanol–water partition coefficient (Wildman–Crippen LogP) is 6.72. The van der Waals surface area contributed by atoms with Gasteiger partial charge in [-0.25, -0.2) is 9.97 Å². The number of esters is 1. The van der Waals surface area contributed by atoms with Crippen LogP contribution in [0.4, 0.5) is 0 Å². The van der Waals surface area contributed by atoms with Crippen LogP contribution in [-0.4, -0.2) is 40.0 Å². The van der Waals surface area contributed by atoms with Gasteiger partial charge in [-0.05, 0) is 57.6 Å². The Hall–Kier alpha value is -1.08. The number of ketones is 1. The fraction of sp³-hybridized carbons (Fsp3) is 0.643. The lowest BCUT2D eigenvalue weighted by Gasteiger charge is -2.37. The number of Topliss-reactive ketones (excluding diaryl/α,β-unsaturated/α-hetero) is 1. The molecule has 7 nitrogen and oxygen atoms in total. The fourth-order valence-electron chi connectivity index (χ4n) is 5.33. The van der Waals surface area contributed by atoms with E-state index >= 15 is 0 Å². The number of carbonyl (C=O) groups is 2. The minimum Gasteiger partial charge on any atom is -0.457 e. The summed E-state index contributed by atoms with van der Waals surface area (Å²) >= 11 is 3.24. The Labute approximate surface area is 245 Å². The predicted molar refractivity (Wildman–Crippen MR) is 165 cm³/mol. The first kappa shape index (κ1) is 32.4. The molecule has 0 radical (unpaired) electrons. The summed E-state index contributed by atoms with van der Waals surface area (Å²) in [6.07, 6.45) is 3.68. The van der Waals surface area contributed by atoms with Gasteiger partial charge in [-0.2, -0.15) is 0 Å². The van der Waals surface area contributed by atoms with Crippen molar-refractivity contribution in [3.63, 3.8) is 0 Å². The number of aryl methyl sites for hydroxylation is 3. The highest BCUT2D eigenvalue weighted by atomic mass is 32.1. The van der Waals surface area contributed by atoms with Crippen LogP contribution < -0.4 is 0 Å². The fourth-order valence-corrected chi connectivity index (χ4v) is 7.85. The van der Waals surface area contributed by atoms with Crippen LogP contribution in [0.15, 0.2) is 11.0 Å². The van der Waals surface area contributed by atoms with E-state index in [1.807, 2.05) is 53.0 Å². The highest BCUT2D eigenvalue weighted by Crippen LogP contribution is 2.36. The molecule has 1 aliphatic rings. The first-order chi connectivity index (χ1) is 18.4. The summed E-state index contributed by atoms with van der Waals surface area (Å²) in [5.74, 6) is -0.632. The van der Waals surface area contributed by atoms with Crippen molar-refractivity contribution in [2.75, 3.05) is 0 Å². The van der Waals surface area contributed by atoms with Gasteiger partial charge in [0.05, 0.1) is 45.4 Å². The van der Waals surface area contributed by atoms with Gasteiger partial charge in [0.1, 0.15) is 11.9 Å². The minimum absolute atomic E-state index is 0.00177. The molecule has 0 saturated heterocycles. The Morgan fingerprint density at radius 2 is 1.85 bits per heavy atom. The van der Waals surface area contributed by atoms with Gasteiger partial charge in [0.2, 0.25) is 0 Å². The zero-order valence-electron chi connectivity index (χ0n) is 24.0. The lowest BCUT2D eigenvalue weighted by atomic mass is 9.73. The van der Waals surface area contributed by atoms with Crippen LogP contribution in [0.25, 0.3) is 6.08 Å². The minimum atomic E-state index is -0.932. The third-order valence-electron chi connectivity index (χ3n) is 7.70. The van der Waals surface area contributed by atoms with E-state index in [-0.39, 0.29) is 30.1 Å². The van der Waals surface area contributed by atoms with Gasteiger partial charge >= 0.3 is 5.97 Å². The molecule has 7 unspecified atom stereocenters. The van der Waals surface area contributed by atoms with E-state index in [1.165, 1.54) is 0 Å². The molecule has 1 aliphatic heterocycles. The average molecular weight is 613 g/mol. The van der Waals surface area contributed by atoms with Crippen LogP contribution in [0.5, 0.6) is 0 Å². The molecule has 0 fully saturated rings. The maximum absolute atomic E-state index is 13.7. The van der Waals surface area contributed by atoms with Crippen LogP contribution in [0.3, 0.4) is 0 Å². The molecule has 0 saturated carbocycles.